The zero-order chi connectivity index (χ0) is 31.2. The summed E-state index contributed by atoms with van der Waals surface area (Å²) in [7, 11) is 0. The van der Waals surface area contributed by atoms with Crippen molar-refractivity contribution in [2.75, 3.05) is 41.0 Å². The summed E-state index contributed by atoms with van der Waals surface area (Å²) in [4.78, 5) is 64.1. The second kappa shape index (κ2) is 16.0. The van der Waals surface area contributed by atoms with E-state index in [9.17, 15) is 39.3 Å². The second-order valence-electron chi connectivity index (χ2n) is 8.97. The van der Waals surface area contributed by atoms with Crippen LogP contribution in [-0.4, -0.2) is 77.9 Å². The number of carboxylic acid groups (broad SMARTS) is 3. The molecule has 0 aliphatic carbocycles. The Kier molecular flexibility index (Phi) is 11.9. The molecule has 13 nitrogen and oxygen atoms in total. The van der Waals surface area contributed by atoms with Crippen molar-refractivity contribution in [3.8, 4) is 0 Å². The molecule has 13 heteroatoms. The summed E-state index contributed by atoms with van der Waals surface area (Å²) in [5.41, 5.74) is 0.903. The van der Waals surface area contributed by atoms with E-state index in [1.807, 2.05) is 0 Å². The van der Waals surface area contributed by atoms with Crippen LogP contribution in [0.2, 0.25) is 0 Å². The molecule has 0 aliphatic heterocycles. The van der Waals surface area contributed by atoms with E-state index >= 15 is 0 Å². The van der Waals surface area contributed by atoms with Crippen molar-refractivity contribution in [2.45, 2.75) is 18.9 Å². The van der Waals surface area contributed by atoms with Crippen LogP contribution in [0, 0.1) is 0 Å². The van der Waals surface area contributed by atoms with E-state index in [2.05, 4.69) is 0 Å². The molecule has 3 aromatic carbocycles. The lowest BCUT2D eigenvalue weighted by Gasteiger charge is -2.28. The Morgan fingerprint density at radius 1 is 0.581 bits per heavy atom. The molecule has 43 heavy (non-hydrogen) atoms. The number of rotatable bonds is 14. The third-order valence-corrected chi connectivity index (χ3v) is 6.18. The molecular formula is C30H31N3O10. The quantitative estimate of drug-likeness (QED) is 0.221. The zero-order valence-electron chi connectivity index (χ0n) is 23.0. The highest BCUT2D eigenvalue weighted by Crippen LogP contribution is 2.22. The van der Waals surface area contributed by atoms with Crippen LogP contribution < -0.4 is 14.7 Å². The molecular weight excluding hydrogens is 562 g/mol. The van der Waals surface area contributed by atoms with Crippen LogP contribution in [0.5, 0.6) is 0 Å². The number of carbonyl (C=O) groups excluding carboxylic acids is 2. The van der Waals surface area contributed by atoms with Gasteiger partial charge in [-0.2, -0.15) is 0 Å². The van der Waals surface area contributed by atoms with Crippen LogP contribution in [0.4, 0.5) is 31.4 Å². The van der Waals surface area contributed by atoms with Crippen molar-refractivity contribution in [3.63, 3.8) is 0 Å². The number of hydrogen-bond acceptors (Lipinski definition) is 7. The second-order valence-corrected chi connectivity index (χ2v) is 8.97. The molecule has 3 rings (SSSR count). The molecule has 3 aromatic rings. The summed E-state index contributed by atoms with van der Waals surface area (Å²) in [5.74, 6) is -1.77. The number of para-hydroxylation sites is 3. The van der Waals surface area contributed by atoms with E-state index in [1.54, 1.807) is 78.9 Å². The van der Waals surface area contributed by atoms with Crippen LogP contribution >= 0.6 is 0 Å². The maximum absolute atomic E-state index is 13.2. The number of benzene rings is 3. The summed E-state index contributed by atoms with van der Waals surface area (Å²) < 4.78 is 10.5. The first-order chi connectivity index (χ1) is 20.7. The molecule has 0 saturated heterocycles. The Morgan fingerprint density at radius 3 is 1.42 bits per heavy atom. The van der Waals surface area contributed by atoms with Crippen molar-refractivity contribution >= 4 is 47.3 Å². The first-order valence-corrected chi connectivity index (χ1v) is 13.2. The summed E-state index contributed by atoms with van der Waals surface area (Å²) in [6, 6.07) is 22.7. The molecule has 3 amide bonds. The Hall–Kier alpha value is -5.59. The molecule has 226 valence electrons. The Balaban J connectivity index is 1.66. The highest BCUT2D eigenvalue weighted by molar-refractivity contribution is 5.95. The number of esters is 2. The van der Waals surface area contributed by atoms with Gasteiger partial charge in [-0.15, -0.1) is 0 Å². The van der Waals surface area contributed by atoms with Gasteiger partial charge in [-0.25, -0.2) is 19.2 Å². The summed E-state index contributed by atoms with van der Waals surface area (Å²) in [6.07, 6.45) is -4.69. The minimum Gasteiger partial charge on any atom is -0.465 e. The Morgan fingerprint density at radius 2 is 1.00 bits per heavy atom. The van der Waals surface area contributed by atoms with Gasteiger partial charge in [0.25, 0.3) is 0 Å². The SMILES string of the molecule is O=C(CCC(C(=O)OCCN(C(=O)O)c1ccccc1)N(C(=O)O)c1ccccc1)OCCN(C(=O)O)c1ccccc1. The van der Waals surface area contributed by atoms with Gasteiger partial charge in [0.05, 0.1) is 13.1 Å². The Labute approximate surface area is 247 Å². The minimum absolute atomic E-state index is 0.149. The van der Waals surface area contributed by atoms with Crippen LogP contribution in [0.15, 0.2) is 91.0 Å². The van der Waals surface area contributed by atoms with Gasteiger partial charge >= 0.3 is 30.2 Å². The van der Waals surface area contributed by atoms with E-state index < -0.39 is 36.3 Å². The van der Waals surface area contributed by atoms with E-state index in [0.29, 0.717) is 11.4 Å². The van der Waals surface area contributed by atoms with E-state index in [1.165, 1.54) is 12.1 Å². The van der Waals surface area contributed by atoms with Gasteiger partial charge in [-0.3, -0.25) is 19.5 Å². The standard InChI is InChI=1S/C30H31N3O10/c34-26(42-20-18-31(28(36)37)22-10-4-1-5-11-22)17-16-25(33(30(40)41)24-14-8-3-9-15-24)27(35)43-21-19-32(29(38)39)23-12-6-2-7-13-23/h1-15,25H,16-21H2,(H,36,37)(H,38,39)(H,40,41). The largest absolute Gasteiger partial charge is 0.465 e. The van der Waals surface area contributed by atoms with Gasteiger partial charge in [-0.05, 0) is 42.8 Å². The monoisotopic (exact) mass is 593 g/mol. The van der Waals surface area contributed by atoms with Crippen molar-refractivity contribution in [1.29, 1.82) is 0 Å². The Bertz CT molecular complexity index is 1370. The smallest absolute Gasteiger partial charge is 0.412 e. The molecule has 0 fully saturated rings. The van der Waals surface area contributed by atoms with E-state index in [-0.39, 0.29) is 44.8 Å². The maximum atomic E-state index is 13.2. The molecule has 0 radical (unpaired) electrons. The molecule has 0 aromatic heterocycles. The number of ether oxygens (including phenoxy) is 2. The molecule has 0 spiro atoms. The fourth-order valence-corrected chi connectivity index (χ4v) is 4.16. The lowest BCUT2D eigenvalue weighted by atomic mass is 10.1. The highest BCUT2D eigenvalue weighted by Gasteiger charge is 2.33. The van der Waals surface area contributed by atoms with Gasteiger partial charge in [0.1, 0.15) is 19.3 Å². The number of amides is 3. The predicted molar refractivity (Wildman–Crippen MR) is 156 cm³/mol. The lowest BCUT2D eigenvalue weighted by molar-refractivity contribution is -0.146. The summed E-state index contributed by atoms with van der Waals surface area (Å²) in [6.45, 7) is -1.03. The molecule has 0 saturated carbocycles. The molecule has 0 aliphatic rings. The van der Waals surface area contributed by atoms with Gasteiger partial charge in [0.15, 0.2) is 0 Å². The van der Waals surface area contributed by atoms with Gasteiger partial charge in [0, 0.05) is 23.5 Å². The van der Waals surface area contributed by atoms with E-state index in [0.717, 1.165) is 14.7 Å². The van der Waals surface area contributed by atoms with Gasteiger partial charge < -0.3 is 24.8 Å². The van der Waals surface area contributed by atoms with Crippen molar-refractivity contribution < 1.29 is 48.8 Å². The highest BCUT2D eigenvalue weighted by atomic mass is 16.5. The number of hydrogen-bond donors (Lipinski definition) is 3. The maximum Gasteiger partial charge on any atom is 0.412 e. The van der Waals surface area contributed by atoms with Gasteiger partial charge in [-0.1, -0.05) is 54.6 Å². The third-order valence-electron chi connectivity index (χ3n) is 6.18. The van der Waals surface area contributed by atoms with Crippen LogP contribution in [0.3, 0.4) is 0 Å². The molecule has 0 heterocycles. The minimum atomic E-state index is -1.47. The summed E-state index contributed by atoms with van der Waals surface area (Å²) >= 11 is 0. The van der Waals surface area contributed by atoms with Crippen LogP contribution in [0.25, 0.3) is 0 Å². The van der Waals surface area contributed by atoms with Crippen LogP contribution in [0.1, 0.15) is 12.8 Å². The first kappa shape index (κ1) is 31.9. The van der Waals surface area contributed by atoms with Crippen molar-refractivity contribution in [3.05, 3.63) is 91.0 Å². The number of anilines is 3. The van der Waals surface area contributed by atoms with Gasteiger partial charge in [0.2, 0.25) is 0 Å². The molecule has 1 unspecified atom stereocenters. The molecule has 3 N–H and O–H groups in total. The average Bonchev–Trinajstić information content (AvgIpc) is 3.00. The number of nitrogens with zero attached hydrogens (tertiary/aromatic N) is 3. The lowest BCUT2D eigenvalue weighted by Crippen LogP contribution is -2.46. The molecule has 1 atom stereocenters. The first-order valence-electron chi connectivity index (χ1n) is 13.2. The average molecular weight is 594 g/mol. The van der Waals surface area contributed by atoms with Crippen molar-refractivity contribution in [1.82, 2.24) is 0 Å². The zero-order valence-corrected chi connectivity index (χ0v) is 23.0. The fourth-order valence-electron chi connectivity index (χ4n) is 4.16. The summed E-state index contributed by atoms with van der Waals surface area (Å²) in [5, 5.41) is 29.0. The number of carbonyl (C=O) groups is 5. The topological polar surface area (TPSA) is 174 Å². The normalized spacial score (nSPS) is 11.1. The predicted octanol–water partition coefficient (Wildman–Crippen LogP) is 4.78. The van der Waals surface area contributed by atoms with Crippen LogP contribution in [-0.2, 0) is 19.1 Å². The molecule has 0 bridgehead atoms. The van der Waals surface area contributed by atoms with Crippen molar-refractivity contribution in [2.24, 2.45) is 0 Å². The fraction of sp³-hybridized carbons (Fsp3) is 0.233. The third kappa shape index (κ3) is 9.49. The van der Waals surface area contributed by atoms with E-state index in [4.69, 9.17) is 9.47 Å².